The highest BCUT2D eigenvalue weighted by Gasteiger charge is 2.26. The minimum atomic E-state index is 0.623. The third-order valence-corrected chi connectivity index (χ3v) is 3.29. The van der Waals surface area contributed by atoms with E-state index in [1.165, 1.54) is 17.7 Å². The number of hydrogen-bond acceptors (Lipinski definition) is 2. The summed E-state index contributed by atoms with van der Waals surface area (Å²) in [7, 11) is 1.93. The fraction of sp³-hybridized carbons (Fsp3) is 0.700. The molecule has 2 N–H and O–H groups in total. The van der Waals surface area contributed by atoms with E-state index in [0.717, 1.165) is 18.2 Å². The molecule has 13 heavy (non-hydrogen) atoms. The van der Waals surface area contributed by atoms with E-state index in [1.54, 1.807) is 0 Å². The van der Waals surface area contributed by atoms with Gasteiger partial charge in [0.1, 0.15) is 0 Å². The lowest BCUT2D eigenvalue weighted by Crippen LogP contribution is -2.15. The van der Waals surface area contributed by atoms with E-state index in [4.69, 9.17) is 0 Å². The van der Waals surface area contributed by atoms with Crippen LogP contribution >= 0.6 is 0 Å². The van der Waals surface area contributed by atoms with Crippen LogP contribution in [0.3, 0.4) is 0 Å². The van der Waals surface area contributed by atoms with Crippen molar-refractivity contribution in [2.24, 2.45) is 5.92 Å². The largest absolute Gasteiger partial charge is 0.371 e. The SMILES string of the molecule is CNc1n[nH]c2c1CCC(C)C2C. The number of H-pyrrole nitrogens is 1. The highest BCUT2D eigenvalue weighted by atomic mass is 15.2. The third-order valence-electron chi connectivity index (χ3n) is 3.29. The molecular formula is C10H17N3. The fourth-order valence-corrected chi connectivity index (χ4v) is 2.12. The normalized spacial score (nSPS) is 27.0. The van der Waals surface area contributed by atoms with Crippen molar-refractivity contribution in [1.82, 2.24) is 10.2 Å². The molecule has 72 valence electrons. The van der Waals surface area contributed by atoms with Crippen LogP contribution in [0.25, 0.3) is 0 Å². The van der Waals surface area contributed by atoms with Gasteiger partial charge in [0.15, 0.2) is 5.82 Å². The molecule has 0 bridgehead atoms. The Balaban J connectivity index is 2.39. The Labute approximate surface area is 78.9 Å². The summed E-state index contributed by atoms with van der Waals surface area (Å²) in [5.41, 5.74) is 2.73. The van der Waals surface area contributed by atoms with Crippen LogP contribution in [0.15, 0.2) is 0 Å². The number of aromatic nitrogens is 2. The Morgan fingerprint density at radius 3 is 2.92 bits per heavy atom. The van der Waals surface area contributed by atoms with E-state index in [0.29, 0.717) is 5.92 Å². The molecule has 2 rings (SSSR count). The third kappa shape index (κ3) is 1.23. The van der Waals surface area contributed by atoms with Crippen LogP contribution in [0.1, 0.15) is 37.4 Å². The van der Waals surface area contributed by atoms with Crippen molar-refractivity contribution in [3.63, 3.8) is 0 Å². The Hall–Kier alpha value is -0.990. The van der Waals surface area contributed by atoms with Gasteiger partial charge in [0, 0.05) is 24.2 Å². The summed E-state index contributed by atoms with van der Waals surface area (Å²) in [6, 6.07) is 0. The van der Waals surface area contributed by atoms with Crippen LogP contribution in [0, 0.1) is 5.92 Å². The molecule has 0 amide bonds. The predicted molar refractivity (Wildman–Crippen MR) is 54.0 cm³/mol. The van der Waals surface area contributed by atoms with Gasteiger partial charge in [-0.25, -0.2) is 0 Å². The molecule has 0 fully saturated rings. The number of nitrogens with one attached hydrogen (secondary N) is 2. The molecule has 0 aliphatic heterocycles. The minimum Gasteiger partial charge on any atom is -0.371 e. The van der Waals surface area contributed by atoms with Gasteiger partial charge in [-0.1, -0.05) is 13.8 Å². The first-order valence-corrected chi connectivity index (χ1v) is 4.99. The average Bonchev–Trinajstić information content (AvgIpc) is 2.55. The van der Waals surface area contributed by atoms with Gasteiger partial charge in [0.2, 0.25) is 0 Å². The fourth-order valence-electron chi connectivity index (χ4n) is 2.12. The van der Waals surface area contributed by atoms with Gasteiger partial charge in [-0.05, 0) is 18.8 Å². The van der Waals surface area contributed by atoms with Gasteiger partial charge in [0.05, 0.1) is 0 Å². The van der Waals surface area contributed by atoms with E-state index < -0.39 is 0 Å². The molecule has 3 nitrogen and oxygen atoms in total. The number of aromatic amines is 1. The van der Waals surface area contributed by atoms with E-state index in [9.17, 15) is 0 Å². The maximum atomic E-state index is 4.27. The smallest absolute Gasteiger partial charge is 0.151 e. The second-order valence-electron chi connectivity index (χ2n) is 4.02. The van der Waals surface area contributed by atoms with Crippen molar-refractivity contribution in [1.29, 1.82) is 0 Å². The molecule has 2 unspecified atom stereocenters. The number of nitrogens with zero attached hydrogens (tertiary/aromatic N) is 1. The average molecular weight is 179 g/mol. The standard InChI is InChI=1S/C10H17N3/c1-6-4-5-8-9(7(6)2)12-13-10(8)11-3/h6-7H,4-5H2,1-3H3,(H2,11,12,13). The van der Waals surface area contributed by atoms with Crippen molar-refractivity contribution < 1.29 is 0 Å². The number of rotatable bonds is 1. The summed E-state index contributed by atoms with van der Waals surface area (Å²) in [5.74, 6) is 2.43. The second-order valence-corrected chi connectivity index (χ2v) is 4.02. The molecule has 1 aromatic heterocycles. The zero-order valence-electron chi connectivity index (χ0n) is 8.52. The first-order chi connectivity index (χ1) is 6.24. The summed E-state index contributed by atoms with van der Waals surface area (Å²) >= 11 is 0. The first-order valence-electron chi connectivity index (χ1n) is 4.99. The van der Waals surface area contributed by atoms with Crippen molar-refractivity contribution >= 4 is 5.82 Å². The zero-order chi connectivity index (χ0) is 9.42. The Morgan fingerprint density at radius 2 is 2.23 bits per heavy atom. The van der Waals surface area contributed by atoms with E-state index >= 15 is 0 Å². The second kappa shape index (κ2) is 3.05. The van der Waals surface area contributed by atoms with Gasteiger partial charge < -0.3 is 5.32 Å². The Morgan fingerprint density at radius 1 is 1.46 bits per heavy atom. The van der Waals surface area contributed by atoms with Crippen molar-refractivity contribution in [2.75, 3.05) is 12.4 Å². The number of hydrogen-bond donors (Lipinski definition) is 2. The van der Waals surface area contributed by atoms with Crippen LogP contribution < -0.4 is 5.32 Å². The van der Waals surface area contributed by atoms with Gasteiger partial charge in [-0.3, -0.25) is 5.10 Å². The lowest BCUT2D eigenvalue weighted by atomic mass is 9.81. The van der Waals surface area contributed by atoms with Crippen LogP contribution in [-0.4, -0.2) is 17.2 Å². The summed E-state index contributed by atoms with van der Waals surface area (Å²) in [6.07, 6.45) is 2.44. The topological polar surface area (TPSA) is 40.7 Å². The maximum Gasteiger partial charge on any atom is 0.151 e. The highest BCUT2D eigenvalue weighted by Crippen LogP contribution is 2.36. The molecule has 0 spiro atoms. The molecule has 1 aromatic rings. The van der Waals surface area contributed by atoms with E-state index in [-0.39, 0.29) is 0 Å². The summed E-state index contributed by atoms with van der Waals surface area (Å²) in [5, 5.41) is 10.5. The van der Waals surface area contributed by atoms with Crippen LogP contribution in [-0.2, 0) is 6.42 Å². The molecule has 0 saturated heterocycles. The number of anilines is 1. The molecule has 0 aromatic carbocycles. The van der Waals surface area contributed by atoms with Gasteiger partial charge >= 0.3 is 0 Å². The zero-order valence-corrected chi connectivity index (χ0v) is 8.52. The van der Waals surface area contributed by atoms with E-state index in [2.05, 4.69) is 29.4 Å². The minimum absolute atomic E-state index is 0.623. The first kappa shape index (κ1) is 8.60. The number of fused-ring (bicyclic) bond motifs is 1. The molecule has 1 aliphatic carbocycles. The monoisotopic (exact) mass is 179 g/mol. The summed E-state index contributed by atoms with van der Waals surface area (Å²) in [4.78, 5) is 0. The molecule has 1 heterocycles. The molecule has 0 radical (unpaired) electrons. The van der Waals surface area contributed by atoms with Crippen LogP contribution in [0.4, 0.5) is 5.82 Å². The molecule has 0 saturated carbocycles. The highest BCUT2D eigenvalue weighted by molar-refractivity contribution is 5.48. The molecule has 2 atom stereocenters. The van der Waals surface area contributed by atoms with Crippen molar-refractivity contribution in [2.45, 2.75) is 32.6 Å². The van der Waals surface area contributed by atoms with Gasteiger partial charge in [-0.2, -0.15) is 5.10 Å². The van der Waals surface area contributed by atoms with Crippen molar-refractivity contribution in [3.8, 4) is 0 Å². The Bertz CT molecular complexity index is 303. The molecule has 3 heteroatoms. The lowest BCUT2D eigenvalue weighted by molar-refractivity contribution is 0.419. The Kier molecular flexibility index (Phi) is 2.02. The van der Waals surface area contributed by atoms with E-state index in [1.807, 2.05) is 7.05 Å². The maximum absolute atomic E-state index is 4.27. The van der Waals surface area contributed by atoms with Crippen LogP contribution in [0.5, 0.6) is 0 Å². The van der Waals surface area contributed by atoms with Gasteiger partial charge in [0.25, 0.3) is 0 Å². The summed E-state index contributed by atoms with van der Waals surface area (Å²) in [6.45, 7) is 4.59. The molecular weight excluding hydrogens is 162 g/mol. The van der Waals surface area contributed by atoms with Crippen LogP contribution in [0.2, 0.25) is 0 Å². The van der Waals surface area contributed by atoms with Gasteiger partial charge in [-0.15, -0.1) is 0 Å². The quantitative estimate of drug-likeness (QED) is 0.693. The lowest BCUT2D eigenvalue weighted by Gasteiger charge is -2.25. The summed E-state index contributed by atoms with van der Waals surface area (Å²) < 4.78 is 0. The predicted octanol–water partition coefficient (Wildman–Crippen LogP) is 2.14. The van der Waals surface area contributed by atoms with Crippen molar-refractivity contribution in [3.05, 3.63) is 11.3 Å². The molecule has 1 aliphatic rings.